The SMILES string of the molecule is Cl.NCc1ccc(NC(=O)C2CCCc3ccccc32)cc1. The molecule has 116 valence electrons. The molecule has 0 aliphatic heterocycles. The number of hydrogen-bond acceptors (Lipinski definition) is 2. The molecule has 0 radical (unpaired) electrons. The number of carbonyl (C=O) groups is 1. The van der Waals surface area contributed by atoms with E-state index in [1.54, 1.807) is 0 Å². The average molecular weight is 317 g/mol. The van der Waals surface area contributed by atoms with E-state index < -0.39 is 0 Å². The van der Waals surface area contributed by atoms with Crippen molar-refractivity contribution in [2.24, 2.45) is 5.73 Å². The fourth-order valence-electron chi connectivity index (χ4n) is 2.98. The van der Waals surface area contributed by atoms with E-state index >= 15 is 0 Å². The van der Waals surface area contributed by atoms with Crippen molar-refractivity contribution in [3.63, 3.8) is 0 Å². The Kier molecular flexibility index (Phi) is 5.58. The molecule has 3 rings (SSSR count). The van der Waals surface area contributed by atoms with Crippen molar-refractivity contribution in [2.75, 3.05) is 5.32 Å². The van der Waals surface area contributed by atoms with E-state index in [1.165, 1.54) is 11.1 Å². The Morgan fingerprint density at radius 3 is 2.59 bits per heavy atom. The summed E-state index contributed by atoms with van der Waals surface area (Å²) in [6, 6.07) is 16.0. The van der Waals surface area contributed by atoms with E-state index in [2.05, 4.69) is 17.4 Å². The first-order chi connectivity index (χ1) is 10.3. The van der Waals surface area contributed by atoms with E-state index in [4.69, 9.17) is 5.73 Å². The summed E-state index contributed by atoms with van der Waals surface area (Å²) in [5.74, 6) is 0.0479. The molecule has 0 fully saturated rings. The Morgan fingerprint density at radius 1 is 1.14 bits per heavy atom. The van der Waals surface area contributed by atoms with Crippen molar-refractivity contribution < 1.29 is 4.79 Å². The Hall–Kier alpha value is -1.84. The maximum atomic E-state index is 12.5. The molecule has 22 heavy (non-hydrogen) atoms. The Labute approximate surface area is 137 Å². The van der Waals surface area contributed by atoms with Crippen molar-refractivity contribution in [1.82, 2.24) is 0 Å². The van der Waals surface area contributed by atoms with Gasteiger partial charge in [0.15, 0.2) is 0 Å². The van der Waals surface area contributed by atoms with Crippen molar-refractivity contribution in [3.8, 4) is 0 Å². The number of aryl methyl sites for hydroxylation is 1. The standard InChI is InChI=1S/C18H20N2O.ClH/c19-12-13-8-10-15(11-9-13)20-18(21)17-7-3-5-14-4-1-2-6-16(14)17;/h1-2,4,6,8-11,17H,3,5,7,12,19H2,(H,20,21);1H. The second-order valence-corrected chi connectivity index (χ2v) is 5.53. The molecule has 2 aromatic rings. The van der Waals surface area contributed by atoms with Gasteiger partial charge in [-0.05, 0) is 48.1 Å². The summed E-state index contributed by atoms with van der Waals surface area (Å²) in [7, 11) is 0. The van der Waals surface area contributed by atoms with E-state index in [1.807, 2.05) is 36.4 Å². The predicted octanol–water partition coefficient (Wildman–Crippen LogP) is 3.63. The Bertz CT molecular complexity index is 640. The van der Waals surface area contributed by atoms with Crippen LogP contribution in [0.4, 0.5) is 5.69 Å². The molecule has 3 nitrogen and oxygen atoms in total. The maximum absolute atomic E-state index is 12.5. The third-order valence-corrected chi connectivity index (χ3v) is 4.14. The fourth-order valence-corrected chi connectivity index (χ4v) is 2.98. The van der Waals surface area contributed by atoms with Gasteiger partial charge in [-0.3, -0.25) is 4.79 Å². The number of halogens is 1. The van der Waals surface area contributed by atoms with Gasteiger partial charge >= 0.3 is 0 Å². The molecule has 0 saturated carbocycles. The summed E-state index contributed by atoms with van der Waals surface area (Å²) >= 11 is 0. The molecule has 4 heteroatoms. The quantitative estimate of drug-likeness (QED) is 0.908. The summed E-state index contributed by atoms with van der Waals surface area (Å²) < 4.78 is 0. The van der Waals surface area contributed by atoms with Crippen molar-refractivity contribution in [3.05, 3.63) is 65.2 Å². The molecule has 0 bridgehead atoms. The largest absolute Gasteiger partial charge is 0.326 e. The lowest BCUT2D eigenvalue weighted by Crippen LogP contribution is -2.24. The highest BCUT2D eigenvalue weighted by atomic mass is 35.5. The summed E-state index contributed by atoms with van der Waals surface area (Å²) in [5.41, 5.74) is 9.97. The molecule has 0 aromatic heterocycles. The minimum Gasteiger partial charge on any atom is -0.326 e. The molecule has 1 unspecified atom stereocenters. The molecule has 3 N–H and O–H groups in total. The predicted molar refractivity (Wildman–Crippen MR) is 92.3 cm³/mol. The van der Waals surface area contributed by atoms with Crippen LogP contribution >= 0.6 is 12.4 Å². The van der Waals surface area contributed by atoms with Crippen molar-refractivity contribution in [1.29, 1.82) is 0 Å². The number of nitrogens with two attached hydrogens (primary N) is 1. The number of benzene rings is 2. The topological polar surface area (TPSA) is 55.1 Å². The van der Waals surface area contributed by atoms with Crippen LogP contribution in [0.3, 0.4) is 0 Å². The molecule has 1 aliphatic rings. The third-order valence-electron chi connectivity index (χ3n) is 4.14. The van der Waals surface area contributed by atoms with Gasteiger partial charge in [0.05, 0.1) is 5.92 Å². The minimum absolute atomic E-state index is 0. The average Bonchev–Trinajstić information content (AvgIpc) is 2.55. The van der Waals surface area contributed by atoms with Crippen LogP contribution in [0.5, 0.6) is 0 Å². The van der Waals surface area contributed by atoms with Gasteiger partial charge in [-0.15, -0.1) is 12.4 Å². The summed E-state index contributed by atoms with van der Waals surface area (Å²) in [5, 5.41) is 3.02. The van der Waals surface area contributed by atoms with Crippen molar-refractivity contribution in [2.45, 2.75) is 31.7 Å². The number of amides is 1. The van der Waals surface area contributed by atoms with Gasteiger partial charge in [0.1, 0.15) is 0 Å². The minimum atomic E-state index is -0.0378. The second-order valence-electron chi connectivity index (χ2n) is 5.53. The zero-order valence-electron chi connectivity index (χ0n) is 12.4. The lowest BCUT2D eigenvalue weighted by molar-refractivity contribution is -0.117. The first kappa shape index (κ1) is 16.5. The zero-order valence-corrected chi connectivity index (χ0v) is 13.2. The van der Waals surface area contributed by atoms with Crippen LogP contribution in [0, 0.1) is 0 Å². The molecule has 1 atom stereocenters. The highest BCUT2D eigenvalue weighted by molar-refractivity contribution is 5.96. The molecule has 2 aromatic carbocycles. The number of nitrogens with one attached hydrogen (secondary N) is 1. The number of carbonyl (C=O) groups excluding carboxylic acids is 1. The summed E-state index contributed by atoms with van der Waals surface area (Å²) in [6.45, 7) is 0.518. The lowest BCUT2D eigenvalue weighted by Gasteiger charge is -2.24. The van der Waals surface area contributed by atoms with E-state index in [9.17, 15) is 4.79 Å². The normalized spacial score (nSPS) is 16.3. The van der Waals surface area contributed by atoms with E-state index in [-0.39, 0.29) is 24.2 Å². The van der Waals surface area contributed by atoms with Crippen LogP contribution in [0.2, 0.25) is 0 Å². The highest BCUT2D eigenvalue weighted by Crippen LogP contribution is 2.32. The number of fused-ring (bicyclic) bond motifs is 1. The van der Waals surface area contributed by atoms with Crippen LogP contribution in [-0.2, 0) is 17.8 Å². The number of anilines is 1. The lowest BCUT2D eigenvalue weighted by atomic mass is 9.82. The first-order valence-corrected chi connectivity index (χ1v) is 7.45. The van der Waals surface area contributed by atoms with Crippen molar-refractivity contribution >= 4 is 24.0 Å². The fraction of sp³-hybridized carbons (Fsp3) is 0.278. The number of rotatable bonds is 3. The first-order valence-electron chi connectivity index (χ1n) is 7.45. The molecule has 0 heterocycles. The highest BCUT2D eigenvalue weighted by Gasteiger charge is 2.26. The van der Waals surface area contributed by atoms with Gasteiger partial charge < -0.3 is 11.1 Å². The third kappa shape index (κ3) is 3.49. The van der Waals surface area contributed by atoms with Gasteiger partial charge in [0, 0.05) is 12.2 Å². The molecule has 1 aliphatic carbocycles. The van der Waals surface area contributed by atoms with E-state index in [0.717, 1.165) is 30.5 Å². The number of hydrogen-bond donors (Lipinski definition) is 2. The Morgan fingerprint density at radius 2 is 1.86 bits per heavy atom. The van der Waals surface area contributed by atoms with Gasteiger partial charge in [-0.25, -0.2) is 0 Å². The van der Waals surface area contributed by atoms with Crippen LogP contribution in [0.1, 0.15) is 35.4 Å². The maximum Gasteiger partial charge on any atom is 0.231 e. The molecule has 1 amide bonds. The molecular weight excluding hydrogens is 296 g/mol. The summed E-state index contributed by atoms with van der Waals surface area (Å²) in [6.07, 6.45) is 3.07. The van der Waals surface area contributed by atoms with Gasteiger partial charge in [0.25, 0.3) is 0 Å². The summed E-state index contributed by atoms with van der Waals surface area (Å²) in [4.78, 5) is 12.5. The van der Waals surface area contributed by atoms with Crippen LogP contribution < -0.4 is 11.1 Å². The molecule has 0 spiro atoms. The van der Waals surface area contributed by atoms with Crippen LogP contribution in [0.25, 0.3) is 0 Å². The zero-order chi connectivity index (χ0) is 14.7. The van der Waals surface area contributed by atoms with Crippen LogP contribution in [0.15, 0.2) is 48.5 Å². The van der Waals surface area contributed by atoms with Gasteiger partial charge in [-0.1, -0.05) is 36.4 Å². The van der Waals surface area contributed by atoms with Gasteiger partial charge in [0.2, 0.25) is 5.91 Å². The Balaban J connectivity index is 0.00000176. The molecule has 0 saturated heterocycles. The molecular formula is C18H21ClN2O. The van der Waals surface area contributed by atoms with Crippen LogP contribution in [-0.4, -0.2) is 5.91 Å². The van der Waals surface area contributed by atoms with E-state index in [0.29, 0.717) is 6.54 Å². The monoisotopic (exact) mass is 316 g/mol. The second kappa shape index (κ2) is 7.43. The smallest absolute Gasteiger partial charge is 0.231 e. The van der Waals surface area contributed by atoms with Gasteiger partial charge in [-0.2, -0.15) is 0 Å².